The van der Waals surface area contributed by atoms with Crippen LogP contribution in [0.1, 0.15) is 50.4 Å². The summed E-state index contributed by atoms with van der Waals surface area (Å²) in [4.78, 5) is 14.1. The lowest BCUT2D eigenvalue weighted by Gasteiger charge is -2.36. The molecule has 124 valence electrons. The van der Waals surface area contributed by atoms with Gasteiger partial charge in [0, 0.05) is 25.7 Å². The lowest BCUT2D eigenvalue weighted by atomic mass is 9.88. The summed E-state index contributed by atoms with van der Waals surface area (Å²) in [6.07, 6.45) is 5.82. The largest absolute Gasteiger partial charge is 0.472 e. The Bertz CT molecular complexity index is 462. The van der Waals surface area contributed by atoms with Crippen molar-refractivity contribution >= 4 is 5.91 Å². The van der Waals surface area contributed by atoms with Crippen molar-refractivity contribution in [3.8, 4) is 0 Å². The number of carbonyl (C=O) groups excluding carboxylic acids is 1. The molecule has 0 spiro atoms. The first-order valence-electron chi connectivity index (χ1n) is 8.21. The first-order chi connectivity index (χ1) is 10.4. The Hall–Kier alpha value is -1.33. The molecule has 0 aromatic carbocycles. The topological polar surface area (TPSA) is 65.7 Å². The zero-order valence-corrected chi connectivity index (χ0v) is 13.8. The average Bonchev–Trinajstić information content (AvgIpc) is 3.06. The molecule has 5 heteroatoms. The number of nitrogens with one attached hydrogen (secondary N) is 1. The van der Waals surface area contributed by atoms with E-state index in [1.165, 1.54) is 12.5 Å². The highest BCUT2D eigenvalue weighted by molar-refractivity contribution is 5.93. The second-order valence-corrected chi connectivity index (χ2v) is 6.63. The van der Waals surface area contributed by atoms with Crippen LogP contribution >= 0.6 is 0 Å². The van der Waals surface area contributed by atoms with Crippen molar-refractivity contribution in [2.75, 3.05) is 19.6 Å². The molecule has 5 nitrogen and oxygen atoms in total. The van der Waals surface area contributed by atoms with Crippen LogP contribution in [0, 0.1) is 5.92 Å². The Morgan fingerprint density at radius 3 is 2.77 bits per heavy atom. The summed E-state index contributed by atoms with van der Waals surface area (Å²) < 4.78 is 4.97. The summed E-state index contributed by atoms with van der Waals surface area (Å²) in [6.45, 7) is 8.15. The molecule has 2 unspecified atom stereocenters. The van der Waals surface area contributed by atoms with Crippen LogP contribution in [0.5, 0.6) is 0 Å². The van der Waals surface area contributed by atoms with E-state index < -0.39 is 5.60 Å². The molecule has 2 N–H and O–H groups in total. The molecular weight excluding hydrogens is 280 g/mol. The van der Waals surface area contributed by atoms with Crippen molar-refractivity contribution in [2.24, 2.45) is 5.92 Å². The monoisotopic (exact) mass is 308 g/mol. The number of likely N-dealkylation sites (tertiary alicyclic amines) is 1. The molecule has 0 saturated carbocycles. The number of furan rings is 1. The maximum atomic E-state index is 12.2. The van der Waals surface area contributed by atoms with Crippen LogP contribution in [-0.4, -0.2) is 47.2 Å². The number of hydrogen-bond donors (Lipinski definition) is 2. The Morgan fingerprint density at radius 1 is 1.55 bits per heavy atom. The van der Waals surface area contributed by atoms with Gasteiger partial charge in [-0.1, -0.05) is 20.3 Å². The van der Waals surface area contributed by atoms with E-state index in [2.05, 4.69) is 19.2 Å². The van der Waals surface area contributed by atoms with Crippen LogP contribution in [0.4, 0.5) is 0 Å². The number of aliphatic hydroxyl groups is 1. The van der Waals surface area contributed by atoms with Gasteiger partial charge in [-0.05, 0) is 31.7 Å². The number of amides is 1. The van der Waals surface area contributed by atoms with Crippen molar-refractivity contribution in [3.05, 3.63) is 24.2 Å². The van der Waals surface area contributed by atoms with Crippen molar-refractivity contribution in [1.29, 1.82) is 0 Å². The molecule has 2 heterocycles. The molecule has 2 atom stereocenters. The molecule has 1 fully saturated rings. The van der Waals surface area contributed by atoms with Gasteiger partial charge in [0.25, 0.3) is 5.91 Å². The standard InChI is InChI=1S/C17H28N2O3/c1-4-13(2)17(3,21)12-18-15-5-8-19(9-6-15)16(20)14-7-10-22-11-14/h7,10-11,13,15,18,21H,4-6,8-9,12H2,1-3H3. The summed E-state index contributed by atoms with van der Waals surface area (Å²) in [5.41, 5.74) is -0.0653. The number of nitrogens with zero attached hydrogens (tertiary/aromatic N) is 1. The number of piperidine rings is 1. The van der Waals surface area contributed by atoms with Crippen LogP contribution in [0.15, 0.2) is 23.0 Å². The second kappa shape index (κ2) is 7.29. The minimum Gasteiger partial charge on any atom is -0.472 e. The van der Waals surface area contributed by atoms with Crippen LogP contribution in [0.3, 0.4) is 0 Å². The normalized spacial score (nSPS) is 20.6. The highest BCUT2D eigenvalue weighted by Gasteiger charge is 2.29. The second-order valence-electron chi connectivity index (χ2n) is 6.63. The van der Waals surface area contributed by atoms with E-state index in [4.69, 9.17) is 4.42 Å². The third kappa shape index (κ3) is 4.11. The van der Waals surface area contributed by atoms with Gasteiger partial charge in [-0.2, -0.15) is 0 Å². The lowest BCUT2D eigenvalue weighted by Crippen LogP contribution is -2.50. The number of rotatable bonds is 6. The van der Waals surface area contributed by atoms with Crippen molar-refractivity contribution in [3.63, 3.8) is 0 Å². The van der Waals surface area contributed by atoms with Gasteiger partial charge in [0.05, 0.1) is 17.4 Å². The van der Waals surface area contributed by atoms with E-state index >= 15 is 0 Å². The SMILES string of the molecule is CCC(C)C(C)(O)CNC1CCN(C(=O)c2ccoc2)CC1. The summed E-state index contributed by atoms with van der Waals surface area (Å²) in [5.74, 6) is 0.307. The van der Waals surface area contributed by atoms with Gasteiger partial charge in [0.2, 0.25) is 0 Å². The molecule has 1 aromatic heterocycles. The van der Waals surface area contributed by atoms with E-state index in [1.807, 2.05) is 11.8 Å². The molecule has 1 amide bonds. The average molecular weight is 308 g/mol. The summed E-state index contributed by atoms with van der Waals surface area (Å²) in [7, 11) is 0. The van der Waals surface area contributed by atoms with E-state index in [0.717, 1.165) is 32.4 Å². The smallest absolute Gasteiger partial charge is 0.257 e. The Morgan fingerprint density at radius 2 is 2.23 bits per heavy atom. The zero-order chi connectivity index (χ0) is 16.2. The van der Waals surface area contributed by atoms with Gasteiger partial charge in [0.15, 0.2) is 0 Å². The van der Waals surface area contributed by atoms with Crippen molar-refractivity contribution in [1.82, 2.24) is 10.2 Å². The van der Waals surface area contributed by atoms with Crippen LogP contribution in [0.25, 0.3) is 0 Å². The molecule has 0 bridgehead atoms. The first kappa shape index (κ1) is 17.0. The molecular formula is C17H28N2O3. The predicted molar refractivity (Wildman–Crippen MR) is 85.7 cm³/mol. The third-order valence-electron chi connectivity index (χ3n) is 4.97. The maximum absolute atomic E-state index is 12.2. The zero-order valence-electron chi connectivity index (χ0n) is 13.8. The molecule has 2 rings (SSSR count). The fourth-order valence-electron chi connectivity index (χ4n) is 2.82. The molecule has 22 heavy (non-hydrogen) atoms. The fraction of sp³-hybridized carbons (Fsp3) is 0.706. The van der Waals surface area contributed by atoms with E-state index in [9.17, 15) is 9.90 Å². The maximum Gasteiger partial charge on any atom is 0.257 e. The highest BCUT2D eigenvalue weighted by Crippen LogP contribution is 2.20. The third-order valence-corrected chi connectivity index (χ3v) is 4.97. The van der Waals surface area contributed by atoms with Gasteiger partial charge < -0.3 is 19.7 Å². The Kier molecular flexibility index (Phi) is 5.64. The van der Waals surface area contributed by atoms with Crippen molar-refractivity contribution < 1.29 is 14.3 Å². The van der Waals surface area contributed by atoms with Crippen molar-refractivity contribution in [2.45, 2.75) is 51.7 Å². The minimum atomic E-state index is -0.682. The van der Waals surface area contributed by atoms with Gasteiger partial charge in [-0.25, -0.2) is 0 Å². The van der Waals surface area contributed by atoms with E-state index in [-0.39, 0.29) is 11.8 Å². The van der Waals surface area contributed by atoms with Gasteiger partial charge in [-0.15, -0.1) is 0 Å². The van der Waals surface area contributed by atoms with Crippen LogP contribution < -0.4 is 5.32 Å². The molecule has 1 aromatic rings. The highest BCUT2D eigenvalue weighted by atomic mass is 16.3. The molecule has 1 saturated heterocycles. The first-order valence-corrected chi connectivity index (χ1v) is 8.21. The van der Waals surface area contributed by atoms with Gasteiger partial charge in [-0.3, -0.25) is 4.79 Å². The van der Waals surface area contributed by atoms with Gasteiger partial charge >= 0.3 is 0 Å². The van der Waals surface area contributed by atoms with Crippen LogP contribution in [-0.2, 0) is 0 Å². The molecule has 1 aliphatic heterocycles. The van der Waals surface area contributed by atoms with E-state index in [1.54, 1.807) is 6.07 Å². The predicted octanol–water partition coefficient (Wildman–Crippen LogP) is 2.27. The lowest BCUT2D eigenvalue weighted by molar-refractivity contribution is 0.00137. The Balaban J connectivity index is 1.77. The minimum absolute atomic E-state index is 0.0406. The summed E-state index contributed by atoms with van der Waals surface area (Å²) >= 11 is 0. The fourth-order valence-corrected chi connectivity index (χ4v) is 2.82. The van der Waals surface area contributed by atoms with Gasteiger partial charge in [0.1, 0.15) is 6.26 Å². The molecule has 0 radical (unpaired) electrons. The summed E-state index contributed by atoms with van der Waals surface area (Å²) in [6, 6.07) is 2.07. The quantitative estimate of drug-likeness (QED) is 0.846. The number of carbonyl (C=O) groups is 1. The summed E-state index contributed by atoms with van der Waals surface area (Å²) in [5, 5.41) is 13.9. The molecule has 0 aliphatic carbocycles. The van der Waals surface area contributed by atoms with Crippen LogP contribution in [0.2, 0.25) is 0 Å². The Labute approximate surface area is 132 Å². The number of hydrogen-bond acceptors (Lipinski definition) is 4. The van der Waals surface area contributed by atoms with E-state index in [0.29, 0.717) is 18.2 Å². The molecule has 1 aliphatic rings.